The molecule has 4 heteroatoms. The minimum atomic E-state index is -0.149. The van der Waals surface area contributed by atoms with E-state index in [1.807, 2.05) is 20.8 Å². The molecule has 0 aromatic carbocycles. The first-order valence-electron chi connectivity index (χ1n) is 6.17. The second-order valence-corrected chi connectivity index (χ2v) is 5.39. The third-order valence-corrected chi connectivity index (χ3v) is 2.53. The van der Waals surface area contributed by atoms with Crippen LogP contribution in [0, 0.1) is 11.3 Å². The van der Waals surface area contributed by atoms with Gasteiger partial charge >= 0.3 is 5.97 Å². The van der Waals surface area contributed by atoms with E-state index in [1.165, 1.54) is 6.92 Å². The zero-order chi connectivity index (χ0) is 13.5. The van der Waals surface area contributed by atoms with E-state index in [0.29, 0.717) is 25.5 Å². The minimum absolute atomic E-state index is 0.0138. The smallest absolute Gasteiger partial charge is 0.306 e. The van der Waals surface area contributed by atoms with Gasteiger partial charge in [-0.2, -0.15) is 0 Å². The molecule has 0 aliphatic heterocycles. The van der Waals surface area contributed by atoms with E-state index in [1.54, 1.807) is 0 Å². The molecule has 0 heterocycles. The first-order valence-corrected chi connectivity index (χ1v) is 6.17. The van der Waals surface area contributed by atoms with Crippen LogP contribution in [0.1, 0.15) is 47.5 Å². The van der Waals surface area contributed by atoms with Crippen LogP contribution in [0.4, 0.5) is 0 Å². The van der Waals surface area contributed by atoms with Crippen molar-refractivity contribution in [3.8, 4) is 0 Å². The van der Waals surface area contributed by atoms with Gasteiger partial charge in [-0.05, 0) is 24.7 Å². The van der Waals surface area contributed by atoms with Crippen LogP contribution in [0.25, 0.3) is 0 Å². The summed E-state index contributed by atoms with van der Waals surface area (Å²) in [4.78, 5) is 22.2. The summed E-state index contributed by atoms with van der Waals surface area (Å²) in [7, 11) is 0. The average Bonchev–Trinajstić information content (AvgIpc) is 2.13. The number of carbonyl (C=O) groups is 2. The summed E-state index contributed by atoms with van der Waals surface area (Å²) in [5.41, 5.74) is -0.0931. The first-order chi connectivity index (χ1) is 7.76. The van der Waals surface area contributed by atoms with Crippen molar-refractivity contribution in [2.75, 3.05) is 13.2 Å². The fraction of sp³-hybridized carbons (Fsp3) is 0.846. The van der Waals surface area contributed by atoms with Crippen molar-refractivity contribution >= 4 is 11.9 Å². The Kier molecular flexibility index (Phi) is 6.85. The van der Waals surface area contributed by atoms with Crippen LogP contribution >= 0.6 is 0 Å². The van der Waals surface area contributed by atoms with Crippen LogP contribution in [0.3, 0.4) is 0 Å². The van der Waals surface area contributed by atoms with Crippen molar-refractivity contribution < 1.29 is 14.3 Å². The first kappa shape index (κ1) is 15.9. The van der Waals surface area contributed by atoms with Crippen molar-refractivity contribution in [3.05, 3.63) is 0 Å². The summed E-state index contributed by atoms with van der Waals surface area (Å²) in [6, 6.07) is 0. The van der Waals surface area contributed by atoms with E-state index in [4.69, 9.17) is 4.74 Å². The maximum atomic E-state index is 11.4. The van der Waals surface area contributed by atoms with E-state index in [2.05, 4.69) is 12.2 Å². The molecular formula is C13H25NO3. The topological polar surface area (TPSA) is 55.4 Å². The quantitative estimate of drug-likeness (QED) is 0.697. The van der Waals surface area contributed by atoms with Crippen LogP contribution in [-0.4, -0.2) is 25.0 Å². The van der Waals surface area contributed by atoms with Crippen LogP contribution in [-0.2, 0) is 14.3 Å². The molecule has 1 N–H and O–H groups in total. The van der Waals surface area contributed by atoms with Crippen LogP contribution < -0.4 is 5.32 Å². The van der Waals surface area contributed by atoms with Crippen molar-refractivity contribution in [1.82, 2.24) is 5.32 Å². The summed E-state index contributed by atoms with van der Waals surface area (Å²) in [5.74, 6) is 0.188. The highest BCUT2D eigenvalue weighted by atomic mass is 16.5. The Hall–Kier alpha value is -1.06. The number of nitrogens with one attached hydrogen (secondary N) is 1. The average molecular weight is 243 g/mol. The Balaban J connectivity index is 4.05. The fourth-order valence-corrected chi connectivity index (χ4v) is 2.01. The lowest BCUT2D eigenvalue weighted by Crippen LogP contribution is -2.29. The summed E-state index contributed by atoms with van der Waals surface area (Å²) in [6.45, 7) is 10.6. The highest BCUT2D eigenvalue weighted by Gasteiger charge is 2.25. The molecule has 1 unspecified atom stereocenters. The third-order valence-electron chi connectivity index (χ3n) is 2.53. The molecule has 0 radical (unpaired) electrons. The van der Waals surface area contributed by atoms with E-state index < -0.39 is 0 Å². The molecule has 1 amide bonds. The van der Waals surface area contributed by atoms with Gasteiger partial charge in [0.15, 0.2) is 0 Å². The Bertz CT molecular complexity index is 261. The van der Waals surface area contributed by atoms with Crippen molar-refractivity contribution in [2.45, 2.75) is 47.5 Å². The standard InChI is InChI=1S/C13H25NO3/c1-6-17-12(16)8-13(4,5)7-10(2)9-14-11(3)15/h10H,6-9H2,1-5H3,(H,14,15). The number of hydrogen-bond donors (Lipinski definition) is 1. The highest BCUT2D eigenvalue weighted by Crippen LogP contribution is 2.29. The normalized spacial score (nSPS) is 13.0. The lowest BCUT2D eigenvalue weighted by atomic mass is 9.80. The Morgan fingerprint density at radius 1 is 1.35 bits per heavy atom. The van der Waals surface area contributed by atoms with Gasteiger partial charge in [-0.25, -0.2) is 0 Å². The molecule has 0 bridgehead atoms. The molecule has 0 aliphatic rings. The van der Waals surface area contributed by atoms with Crippen LogP contribution in [0.15, 0.2) is 0 Å². The van der Waals surface area contributed by atoms with Gasteiger partial charge in [0.05, 0.1) is 13.0 Å². The van der Waals surface area contributed by atoms with E-state index in [9.17, 15) is 9.59 Å². The van der Waals surface area contributed by atoms with E-state index >= 15 is 0 Å². The lowest BCUT2D eigenvalue weighted by Gasteiger charge is -2.27. The van der Waals surface area contributed by atoms with Crippen molar-refractivity contribution in [3.63, 3.8) is 0 Å². The van der Waals surface area contributed by atoms with Crippen molar-refractivity contribution in [1.29, 1.82) is 0 Å². The number of rotatable bonds is 7. The molecule has 0 rings (SSSR count). The molecule has 0 aliphatic carbocycles. The van der Waals surface area contributed by atoms with Gasteiger partial charge in [-0.15, -0.1) is 0 Å². The zero-order valence-corrected chi connectivity index (χ0v) is 11.6. The molecule has 0 saturated heterocycles. The van der Waals surface area contributed by atoms with Gasteiger partial charge in [0, 0.05) is 13.5 Å². The molecule has 4 nitrogen and oxygen atoms in total. The summed E-state index contributed by atoms with van der Waals surface area (Å²) in [5, 5.41) is 2.79. The maximum absolute atomic E-state index is 11.4. The van der Waals surface area contributed by atoms with Crippen LogP contribution in [0.2, 0.25) is 0 Å². The third kappa shape index (κ3) is 8.72. The van der Waals surface area contributed by atoms with Gasteiger partial charge in [0.2, 0.25) is 5.91 Å². The van der Waals surface area contributed by atoms with Gasteiger partial charge in [0.25, 0.3) is 0 Å². The van der Waals surface area contributed by atoms with Crippen molar-refractivity contribution in [2.24, 2.45) is 11.3 Å². The Labute approximate surface area is 104 Å². The molecule has 17 heavy (non-hydrogen) atoms. The highest BCUT2D eigenvalue weighted by molar-refractivity contribution is 5.72. The number of amides is 1. The SMILES string of the molecule is CCOC(=O)CC(C)(C)CC(C)CNC(C)=O. The summed E-state index contributed by atoms with van der Waals surface area (Å²) < 4.78 is 4.95. The molecule has 0 saturated carbocycles. The van der Waals surface area contributed by atoms with E-state index in [-0.39, 0.29) is 17.3 Å². The molecule has 0 aromatic heterocycles. The number of hydrogen-bond acceptors (Lipinski definition) is 3. The largest absolute Gasteiger partial charge is 0.466 e. The second kappa shape index (κ2) is 7.30. The predicted molar refractivity (Wildman–Crippen MR) is 67.5 cm³/mol. The molecule has 100 valence electrons. The van der Waals surface area contributed by atoms with Gasteiger partial charge < -0.3 is 10.1 Å². The molecule has 1 atom stereocenters. The van der Waals surface area contributed by atoms with Gasteiger partial charge in [0.1, 0.15) is 0 Å². The summed E-state index contributed by atoms with van der Waals surface area (Å²) >= 11 is 0. The maximum Gasteiger partial charge on any atom is 0.306 e. The molecular weight excluding hydrogens is 218 g/mol. The molecule has 0 spiro atoms. The van der Waals surface area contributed by atoms with E-state index in [0.717, 1.165) is 6.42 Å². The minimum Gasteiger partial charge on any atom is -0.466 e. The zero-order valence-electron chi connectivity index (χ0n) is 11.6. The predicted octanol–water partition coefficient (Wildman–Crippen LogP) is 2.13. The lowest BCUT2D eigenvalue weighted by molar-refractivity contribution is -0.145. The number of carbonyl (C=O) groups excluding carboxylic acids is 2. The fourth-order valence-electron chi connectivity index (χ4n) is 2.01. The molecule has 0 fully saturated rings. The number of ether oxygens (including phenoxy) is 1. The Morgan fingerprint density at radius 2 is 1.94 bits per heavy atom. The summed E-state index contributed by atoms with van der Waals surface area (Å²) in [6.07, 6.45) is 1.30. The monoisotopic (exact) mass is 243 g/mol. The van der Waals surface area contributed by atoms with Gasteiger partial charge in [-0.1, -0.05) is 20.8 Å². The second-order valence-electron chi connectivity index (χ2n) is 5.39. The number of esters is 1. The van der Waals surface area contributed by atoms with Gasteiger partial charge in [-0.3, -0.25) is 9.59 Å². The molecule has 0 aromatic rings. The Morgan fingerprint density at radius 3 is 2.41 bits per heavy atom. The van der Waals surface area contributed by atoms with Crippen LogP contribution in [0.5, 0.6) is 0 Å².